The third kappa shape index (κ3) is 2.53. The first-order chi connectivity index (χ1) is 7.04. The summed E-state index contributed by atoms with van der Waals surface area (Å²) in [4.78, 5) is 22.3. The van der Waals surface area contributed by atoms with Crippen LogP contribution in [0, 0.1) is 0 Å². The Morgan fingerprint density at radius 1 is 1.00 bits per heavy atom. The number of Topliss-reactive ketones (excluding diaryl/α,β-unsaturated/α-hetero) is 2. The molecule has 0 bridgehead atoms. The molecule has 0 amide bonds. The Balaban J connectivity index is 3.34. The Kier molecular flexibility index (Phi) is 3.39. The molecule has 1 rings (SSSR count). The van der Waals surface area contributed by atoms with Gasteiger partial charge in [0.2, 0.25) is 0 Å². The van der Waals surface area contributed by atoms with E-state index in [1.165, 1.54) is 13.8 Å². The van der Waals surface area contributed by atoms with E-state index < -0.39 is 11.5 Å². The lowest BCUT2D eigenvalue weighted by atomic mass is 10.00. The van der Waals surface area contributed by atoms with Crippen LogP contribution in [0.4, 0.5) is 0 Å². The largest absolute Gasteiger partial charge is 0.504 e. The zero-order valence-electron chi connectivity index (χ0n) is 8.65. The molecule has 0 spiro atoms. The van der Waals surface area contributed by atoms with Gasteiger partial charge in [0.15, 0.2) is 17.3 Å². The van der Waals surface area contributed by atoms with Gasteiger partial charge in [-0.2, -0.15) is 0 Å². The smallest absolute Gasteiger partial charge is 0.194 e. The highest BCUT2D eigenvalue weighted by atomic mass is 16.3. The van der Waals surface area contributed by atoms with Crippen molar-refractivity contribution < 1.29 is 14.7 Å². The number of hydrogen-bond acceptors (Lipinski definition) is 3. The SMILES string of the molecule is CC(=O)C(O)=C(C(C)=O)c1ccccc1. The van der Waals surface area contributed by atoms with E-state index in [-0.39, 0.29) is 11.4 Å². The minimum Gasteiger partial charge on any atom is -0.504 e. The van der Waals surface area contributed by atoms with Gasteiger partial charge < -0.3 is 5.11 Å². The number of aliphatic hydroxyl groups excluding tert-OH is 1. The van der Waals surface area contributed by atoms with Gasteiger partial charge in [-0.05, 0) is 12.5 Å². The Morgan fingerprint density at radius 3 is 1.93 bits per heavy atom. The molecule has 0 unspecified atom stereocenters. The normalized spacial score (nSPS) is 11.9. The van der Waals surface area contributed by atoms with Crippen LogP contribution in [0.3, 0.4) is 0 Å². The van der Waals surface area contributed by atoms with Gasteiger partial charge in [0.05, 0.1) is 5.57 Å². The predicted molar refractivity (Wildman–Crippen MR) is 57.4 cm³/mol. The fraction of sp³-hybridized carbons (Fsp3) is 0.167. The Labute approximate surface area is 88.0 Å². The van der Waals surface area contributed by atoms with Crippen LogP contribution in [0.1, 0.15) is 19.4 Å². The first-order valence-corrected chi connectivity index (χ1v) is 4.54. The maximum Gasteiger partial charge on any atom is 0.194 e. The van der Waals surface area contributed by atoms with Crippen molar-refractivity contribution >= 4 is 17.1 Å². The third-order valence-corrected chi connectivity index (χ3v) is 1.98. The summed E-state index contributed by atoms with van der Waals surface area (Å²) >= 11 is 0. The van der Waals surface area contributed by atoms with Crippen molar-refractivity contribution in [3.05, 3.63) is 41.7 Å². The second-order valence-corrected chi connectivity index (χ2v) is 3.20. The highest BCUT2D eigenvalue weighted by molar-refractivity contribution is 6.24. The molecule has 0 radical (unpaired) electrons. The molecule has 0 aliphatic carbocycles. The van der Waals surface area contributed by atoms with Gasteiger partial charge in [0.25, 0.3) is 0 Å². The Morgan fingerprint density at radius 2 is 1.53 bits per heavy atom. The van der Waals surface area contributed by atoms with Gasteiger partial charge in [-0.1, -0.05) is 30.3 Å². The number of carbonyl (C=O) groups excluding carboxylic acids is 2. The van der Waals surface area contributed by atoms with Crippen molar-refractivity contribution in [1.29, 1.82) is 0 Å². The monoisotopic (exact) mass is 204 g/mol. The van der Waals surface area contributed by atoms with Gasteiger partial charge in [0.1, 0.15) is 0 Å². The van der Waals surface area contributed by atoms with Crippen LogP contribution >= 0.6 is 0 Å². The van der Waals surface area contributed by atoms with Crippen LogP contribution in [0.5, 0.6) is 0 Å². The maximum atomic E-state index is 11.3. The first-order valence-electron chi connectivity index (χ1n) is 4.54. The molecule has 1 N–H and O–H groups in total. The molecule has 0 aliphatic heterocycles. The summed E-state index contributed by atoms with van der Waals surface area (Å²) in [6, 6.07) is 8.63. The molecule has 78 valence electrons. The molecule has 0 saturated heterocycles. The summed E-state index contributed by atoms with van der Waals surface area (Å²) in [6.07, 6.45) is 0. The summed E-state index contributed by atoms with van der Waals surface area (Å²) in [7, 11) is 0. The third-order valence-electron chi connectivity index (χ3n) is 1.98. The van der Waals surface area contributed by atoms with Crippen molar-refractivity contribution in [1.82, 2.24) is 0 Å². The van der Waals surface area contributed by atoms with Gasteiger partial charge in [0, 0.05) is 6.92 Å². The molecule has 0 fully saturated rings. The standard InChI is InChI=1S/C12H12O3/c1-8(13)11(12(15)9(2)14)10-6-4-3-5-7-10/h3-7,15H,1-2H3. The van der Waals surface area contributed by atoms with Gasteiger partial charge in [-0.25, -0.2) is 0 Å². The lowest BCUT2D eigenvalue weighted by Gasteiger charge is -2.05. The van der Waals surface area contributed by atoms with E-state index in [1.807, 2.05) is 0 Å². The summed E-state index contributed by atoms with van der Waals surface area (Å²) in [5.74, 6) is -1.31. The number of benzene rings is 1. The summed E-state index contributed by atoms with van der Waals surface area (Å²) in [5.41, 5.74) is 0.626. The number of aliphatic hydroxyl groups is 1. The quantitative estimate of drug-likeness (QED) is 0.606. The van der Waals surface area contributed by atoms with E-state index in [4.69, 9.17) is 0 Å². The highest BCUT2D eigenvalue weighted by Gasteiger charge is 2.16. The van der Waals surface area contributed by atoms with E-state index in [9.17, 15) is 14.7 Å². The highest BCUT2D eigenvalue weighted by Crippen LogP contribution is 2.18. The van der Waals surface area contributed by atoms with Crippen molar-refractivity contribution in [2.75, 3.05) is 0 Å². The lowest BCUT2D eigenvalue weighted by molar-refractivity contribution is -0.117. The van der Waals surface area contributed by atoms with Crippen molar-refractivity contribution in [2.45, 2.75) is 13.8 Å². The van der Waals surface area contributed by atoms with E-state index in [0.29, 0.717) is 5.56 Å². The Hall–Kier alpha value is -1.90. The maximum absolute atomic E-state index is 11.3. The number of hydrogen-bond donors (Lipinski definition) is 1. The average molecular weight is 204 g/mol. The lowest BCUT2D eigenvalue weighted by Crippen LogP contribution is -2.06. The van der Waals surface area contributed by atoms with E-state index in [2.05, 4.69) is 0 Å². The van der Waals surface area contributed by atoms with Crippen LogP contribution < -0.4 is 0 Å². The fourth-order valence-corrected chi connectivity index (χ4v) is 1.29. The van der Waals surface area contributed by atoms with Crippen LogP contribution in [0.25, 0.3) is 5.57 Å². The molecular weight excluding hydrogens is 192 g/mol. The fourth-order valence-electron chi connectivity index (χ4n) is 1.29. The summed E-state index contributed by atoms with van der Waals surface area (Å²) in [5, 5.41) is 9.52. The topological polar surface area (TPSA) is 54.4 Å². The molecule has 0 aromatic heterocycles. The summed E-state index contributed by atoms with van der Waals surface area (Å²) < 4.78 is 0. The van der Waals surface area contributed by atoms with Gasteiger partial charge in [-0.3, -0.25) is 9.59 Å². The van der Waals surface area contributed by atoms with E-state index in [1.54, 1.807) is 30.3 Å². The number of allylic oxidation sites excluding steroid dienone is 2. The molecule has 15 heavy (non-hydrogen) atoms. The molecule has 0 aliphatic rings. The second-order valence-electron chi connectivity index (χ2n) is 3.20. The minimum absolute atomic E-state index is 0.0723. The zero-order valence-corrected chi connectivity index (χ0v) is 8.65. The Bertz CT molecular complexity index is 416. The van der Waals surface area contributed by atoms with Crippen molar-refractivity contribution in [2.24, 2.45) is 0 Å². The average Bonchev–Trinajstić information content (AvgIpc) is 2.18. The molecule has 1 aromatic carbocycles. The van der Waals surface area contributed by atoms with Crippen LogP contribution in [-0.4, -0.2) is 16.7 Å². The molecule has 3 heteroatoms. The van der Waals surface area contributed by atoms with E-state index in [0.717, 1.165) is 0 Å². The van der Waals surface area contributed by atoms with Crippen LogP contribution in [0.2, 0.25) is 0 Å². The number of ketones is 2. The predicted octanol–water partition coefficient (Wildman–Crippen LogP) is 2.13. The van der Waals surface area contributed by atoms with Crippen molar-refractivity contribution in [3.8, 4) is 0 Å². The molecule has 3 nitrogen and oxygen atoms in total. The first kappa shape index (κ1) is 11.2. The summed E-state index contributed by atoms with van der Waals surface area (Å²) in [6.45, 7) is 2.54. The molecule has 0 heterocycles. The molecule has 0 saturated carbocycles. The molecule has 0 atom stereocenters. The minimum atomic E-state index is -0.510. The van der Waals surface area contributed by atoms with Crippen molar-refractivity contribution in [3.63, 3.8) is 0 Å². The van der Waals surface area contributed by atoms with Gasteiger partial charge in [-0.15, -0.1) is 0 Å². The number of carbonyl (C=O) groups is 2. The number of rotatable bonds is 3. The van der Waals surface area contributed by atoms with Crippen LogP contribution in [-0.2, 0) is 9.59 Å². The van der Waals surface area contributed by atoms with E-state index >= 15 is 0 Å². The zero-order chi connectivity index (χ0) is 11.4. The molecular formula is C12H12O3. The second kappa shape index (κ2) is 4.55. The van der Waals surface area contributed by atoms with Crippen LogP contribution in [0.15, 0.2) is 36.1 Å². The molecule has 1 aromatic rings. The van der Waals surface area contributed by atoms with Gasteiger partial charge >= 0.3 is 0 Å².